The number of aromatic nitrogens is 1. The van der Waals surface area contributed by atoms with Crippen LogP contribution in [0.5, 0.6) is 5.75 Å². The molecule has 39 heavy (non-hydrogen) atoms. The Morgan fingerprint density at radius 2 is 1.77 bits per heavy atom. The number of carbonyl (C=O) groups excluding carboxylic acids is 1. The topological polar surface area (TPSA) is 95.1 Å². The van der Waals surface area contributed by atoms with Crippen LogP contribution >= 0.6 is 11.6 Å². The van der Waals surface area contributed by atoms with Crippen LogP contribution in [0.1, 0.15) is 48.8 Å². The maximum absolute atomic E-state index is 13.2. The molecule has 0 radical (unpaired) electrons. The zero-order chi connectivity index (χ0) is 28.2. The molecule has 3 heterocycles. The number of anilines is 1. The molecule has 214 valence electrons. The predicted molar refractivity (Wildman–Crippen MR) is 154 cm³/mol. The van der Waals surface area contributed by atoms with Crippen molar-refractivity contribution in [2.24, 2.45) is 0 Å². The minimum Gasteiger partial charge on any atom is -0.497 e. The molecule has 1 aromatic carbocycles. The van der Waals surface area contributed by atoms with Crippen molar-refractivity contribution in [2.75, 3.05) is 51.8 Å². The number of rotatable bonds is 10. The summed E-state index contributed by atoms with van der Waals surface area (Å²) in [4.78, 5) is 22.2. The van der Waals surface area contributed by atoms with Crippen molar-refractivity contribution in [3.8, 4) is 5.75 Å². The first-order chi connectivity index (χ1) is 18.6. The van der Waals surface area contributed by atoms with Gasteiger partial charge in [-0.15, -0.1) is 0 Å². The van der Waals surface area contributed by atoms with Gasteiger partial charge in [0.2, 0.25) is 15.9 Å². The maximum Gasteiger partial charge on any atom is 0.243 e. The van der Waals surface area contributed by atoms with E-state index < -0.39 is 10.0 Å². The van der Waals surface area contributed by atoms with Crippen molar-refractivity contribution in [2.45, 2.75) is 63.4 Å². The SMILES string of the molecule is COc1cc(C)c(S(=O)(=O)N(C)CCC(=O)NC2CCN(c3ncc(CN4CCCC4)cc3Cl)CC2)c(C)c1. The molecule has 0 saturated carbocycles. The Hall–Kier alpha value is -2.40. The number of methoxy groups -OCH3 is 1. The van der Waals surface area contributed by atoms with E-state index in [1.54, 1.807) is 33.1 Å². The van der Waals surface area contributed by atoms with E-state index in [1.165, 1.54) is 24.2 Å². The lowest BCUT2D eigenvalue weighted by molar-refractivity contribution is -0.122. The average molecular weight is 578 g/mol. The van der Waals surface area contributed by atoms with Gasteiger partial charge in [0.1, 0.15) is 11.6 Å². The van der Waals surface area contributed by atoms with Crippen LogP contribution in [0, 0.1) is 13.8 Å². The number of amides is 1. The summed E-state index contributed by atoms with van der Waals surface area (Å²) >= 11 is 6.60. The summed E-state index contributed by atoms with van der Waals surface area (Å²) in [6, 6.07) is 5.47. The van der Waals surface area contributed by atoms with Gasteiger partial charge in [0.25, 0.3) is 0 Å². The number of pyridine rings is 1. The van der Waals surface area contributed by atoms with Gasteiger partial charge in [0.15, 0.2) is 0 Å². The van der Waals surface area contributed by atoms with E-state index in [1.807, 2.05) is 12.3 Å². The highest BCUT2D eigenvalue weighted by atomic mass is 35.5. The van der Waals surface area contributed by atoms with Gasteiger partial charge in [-0.2, -0.15) is 0 Å². The fourth-order valence-electron chi connectivity index (χ4n) is 5.49. The number of hydrogen-bond donors (Lipinski definition) is 1. The van der Waals surface area contributed by atoms with E-state index in [4.69, 9.17) is 16.3 Å². The number of hydrogen-bond acceptors (Lipinski definition) is 7. The summed E-state index contributed by atoms with van der Waals surface area (Å²) in [7, 11) is -0.674. The van der Waals surface area contributed by atoms with Gasteiger partial charge >= 0.3 is 0 Å². The molecule has 2 saturated heterocycles. The molecular formula is C28H40ClN5O4S. The van der Waals surface area contributed by atoms with E-state index in [0.29, 0.717) is 21.9 Å². The average Bonchev–Trinajstić information content (AvgIpc) is 3.40. The third-order valence-corrected chi connectivity index (χ3v) is 10.1. The summed E-state index contributed by atoms with van der Waals surface area (Å²) in [6.07, 6.45) is 6.07. The molecule has 1 aromatic heterocycles. The predicted octanol–water partition coefficient (Wildman–Crippen LogP) is 3.75. The summed E-state index contributed by atoms with van der Waals surface area (Å²) in [6.45, 7) is 8.24. The lowest BCUT2D eigenvalue weighted by Crippen LogP contribution is -2.45. The van der Waals surface area contributed by atoms with E-state index in [9.17, 15) is 13.2 Å². The van der Waals surface area contributed by atoms with Gasteiger partial charge in [-0.05, 0) is 87.5 Å². The van der Waals surface area contributed by atoms with Gasteiger partial charge in [0.05, 0.1) is 17.0 Å². The Balaban J connectivity index is 1.25. The van der Waals surface area contributed by atoms with Crippen molar-refractivity contribution in [1.29, 1.82) is 0 Å². The molecule has 2 aliphatic heterocycles. The van der Waals surface area contributed by atoms with E-state index in [-0.39, 0.29) is 29.8 Å². The summed E-state index contributed by atoms with van der Waals surface area (Å²) < 4.78 is 32.9. The number of ether oxygens (including phenoxy) is 1. The number of carbonyl (C=O) groups is 1. The van der Waals surface area contributed by atoms with Gasteiger partial charge < -0.3 is 15.0 Å². The van der Waals surface area contributed by atoms with Crippen LogP contribution in [0.25, 0.3) is 0 Å². The number of benzene rings is 1. The number of piperidine rings is 1. The van der Waals surface area contributed by atoms with Crippen LogP contribution in [0.3, 0.4) is 0 Å². The number of likely N-dealkylation sites (tertiary alicyclic amines) is 1. The smallest absolute Gasteiger partial charge is 0.243 e. The normalized spacial score (nSPS) is 17.1. The highest BCUT2D eigenvalue weighted by Gasteiger charge is 2.27. The molecular weight excluding hydrogens is 538 g/mol. The monoisotopic (exact) mass is 577 g/mol. The highest BCUT2D eigenvalue weighted by molar-refractivity contribution is 7.89. The molecule has 2 aliphatic rings. The van der Waals surface area contributed by atoms with Crippen molar-refractivity contribution >= 4 is 33.3 Å². The first-order valence-corrected chi connectivity index (χ1v) is 15.4. The van der Waals surface area contributed by atoms with Gasteiger partial charge in [0, 0.05) is 51.9 Å². The Labute approximate surface area is 237 Å². The molecule has 0 bridgehead atoms. The molecule has 1 amide bonds. The molecule has 2 aromatic rings. The van der Waals surface area contributed by atoms with Crippen molar-refractivity contribution < 1.29 is 17.9 Å². The molecule has 2 fully saturated rings. The zero-order valence-electron chi connectivity index (χ0n) is 23.4. The van der Waals surface area contributed by atoms with E-state index in [0.717, 1.165) is 56.9 Å². The van der Waals surface area contributed by atoms with E-state index in [2.05, 4.69) is 20.1 Å². The first-order valence-electron chi connectivity index (χ1n) is 13.6. The molecule has 0 spiro atoms. The number of halogens is 1. The zero-order valence-corrected chi connectivity index (χ0v) is 24.9. The minimum atomic E-state index is -3.74. The van der Waals surface area contributed by atoms with Crippen LogP contribution in [0.2, 0.25) is 5.02 Å². The van der Waals surface area contributed by atoms with Crippen LogP contribution in [0.15, 0.2) is 29.3 Å². The highest BCUT2D eigenvalue weighted by Crippen LogP contribution is 2.29. The van der Waals surface area contributed by atoms with Gasteiger partial charge in [-0.25, -0.2) is 17.7 Å². The van der Waals surface area contributed by atoms with Crippen molar-refractivity contribution in [1.82, 2.24) is 19.5 Å². The maximum atomic E-state index is 13.2. The second kappa shape index (κ2) is 12.8. The van der Waals surface area contributed by atoms with Crippen LogP contribution in [-0.4, -0.2) is 81.4 Å². The molecule has 11 heteroatoms. The fourth-order valence-corrected chi connectivity index (χ4v) is 7.38. The molecule has 4 rings (SSSR count). The third-order valence-electron chi connectivity index (χ3n) is 7.63. The number of sulfonamides is 1. The number of nitrogens with one attached hydrogen (secondary N) is 1. The van der Waals surface area contributed by atoms with E-state index >= 15 is 0 Å². The fraction of sp³-hybridized carbons (Fsp3) is 0.571. The Morgan fingerprint density at radius 1 is 1.13 bits per heavy atom. The van der Waals surface area contributed by atoms with Gasteiger partial charge in [-0.1, -0.05) is 11.6 Å². The summed E-state index contributed by atoms with van der Waals surface area (Å²) in [5.74, 6) is 1.26. The lowest BCUT2D eigenvalue weighted by Gasteiger charge is -2.33. The summed E-state index contributed by atoms with van der Waals surface area (Å²) in [5, 5.41) is 3.74. The molecule has 0 aliphatic carbocycles. The number of nitrogens with zero attached hydrogens (tertiary/aromatic N) is 4. The lowest BCUT2D eigenvalue weighted by atomic mass is 10.0. The number of aryl methyl sites for hydroxylation is 2. The Morgan fingerprint density at radius 3 is 2.36 bits per heavy atom. The second-order valence-corrected chi connectivity index (χ2v) is 13.0. The quantitative estimate of drug-likeness (QED) is 0.459. The largest absolute Gasteiger partial charge is 0.497 e. The first kappa shape index (κ1) is 29.6. The van der Waals surface area contributed by atoms with Gasteiger partial charge in [-0.3, -0.25) is 9.69 Å². The molecule has 9 nitrogen and oxygen atoms in total. The Bertz CT molecular complexity index is 1250. The summed E-state index contributed by atoms with van der Waals surface area (Å²) in [5.41, 5.74) is 2.37. The Kier molecular flexibility index (Phi) is 9.74. The van der Waals surface area contributed by atoms with Crippen molar-refractivity contribution in [3.63, 3.8) is 0 Å². The standard InChI is InChI=1S/C28H40ClN5O4S/c1-20-15-24(38-4)16-21(2)27(20)39(36,37)32(3)12-9-26(35)31-23-7-13-34(14-8-23)28-25(29)17-22(18-30-28)19-33-10-5-6-11-33/h15-18,23H,5-14,19H2,1-4H3,(H,31,35). The second-order valence-electron chi connectivity index (χ2n) is 10.6. The molecule has 1 N–H and O–H groups in total. The molecule has 0 atom stereocenters. The third kappa shape index (κ3) is 7.22. The molecule has 0 unspecified atom stereocenters. The van der Waals surface area contributed by atoms with Crippen molar-refractivity contribution in [3.05, 3.63) is 46.1 Å². The van der Waals surface area contributed by atoms with Crippen LogP contribution in [-0.2, 0) is 21.4 Å². The van der Waals surface area contributed by atoms with Crippen LogP contribution in [0.4, 0.5) is 5.82 Å². The minimum absolute atomic E-state index is 0.0370. The van der Waals surface area contributed by atoms with Crippen LogP contribution < -0.4 is 15.0 Å².